The Kier molecular flexibility index (Phi) is 7.42. The molecule has 0 amide bonds. The van der Waals surface area contributed by atoms with Gasteiger partial charge in [-0.2, -0.15) is 0 Å². The largest absolute Gasteiger partial charge is 0.377 e. The topological polar surface area (TPSA) is 9.23 Å². The van der Waals surface area contributed by atoms with Gasteiger partial charge < -0.3 is 4.74 Å². The van der Waals surface area contributed by atoms with Crippen molar-refractivity contribution in [1.29, 1.82) is 0 Å². The Balaban J connectivity index is 2.91. The molecule has 0 aliphatic heterocycles. The highest BCUT2D eigenvalue weighted by molar-refractivity contribution is 9.11. The van der Waals surface area contributed by atoms with Crippen molar-refractivity contribution in [3.8, 4) is 0 Å². The minimum absolute atomic E-state index is 0.720. The quantitative estimate of drug-likeness (QED) is 0.629. The summed E-state index contributed by atoms with van der Waals surface area (Å²) in [5.41, 5.74) is 0. The fourth-order valence-electron chi connectivity index (χ4n) is 0.507. The van der Waals surface area contributed by atoms with Crippen LogP contribution in [0.4, 0.5) is 0 Å². The van der Waals surface area contributed by atoms with E-state index in [1.54, 1.807) is 0 Å². The third-order valence-electron chi connectivity index (χ3n) is 1.14. The summed E-state index contributed by atoms with van der Waals surface area (Å²) in [5.74, 6) is 0.743. The molecular weight excluding hydrogens is 192 g/mol. The van der Waals surface area contributed by atoms with Crippen LogP contribution in [0.5, 0.6) is 0 Å². The van der Waals surface area contributed by atoms with Crippen molar-refractivity contribution in [1.82, 2.24) is 0 Å². The first-order chi connectivity index (χ1) is 4.77. The third kappa shape index (κ3) is 8.18. The van der Waals surface area contributed by atoms with Crippen LogP contribution < -0.4 is 0 Å². The van der Waals surface area contributed by atoms with Crippen LogP contribution >= 0.6 is 15.9 Å². The molecule has 60 valence electrons. The van der Waals surface area contributed by atoms with Gasteiger partial charge in [0.2, 0.25) is 0 Å². The molecule has 0 radical (unpaired) electrons. The Labute approximate surface area is 71.6 Å². The van der Waals surface area contributed by atoms with E-state index in [1.165, 1.54) is 0 Å². The van der Waals surface area contributed by atoms with E-state index in [1.807, 2.05) is 11.1 Å². The molecule has 0 fully saturated rings. The summed E-state index contributed by atoms with van der Waals surface area (Å²) in [6, 6.07) is 0. The molecule has 0 heterocycles. The van der Waals surface area contributed by atoms with E-state index in [4.69, 9.17) is 4.74 Å². The summed E-state index contributed by atoms with van der Waals surface area (Å²) < 4.78 is 5.27. The first-order valence-corrected chi connectivity index (χ1v) is 4.52. The molecule has 0 rings (SSSR count). The van der Waals surface area contributed by atoms with E-state index in [2.05, 4.69) is 29.8 Å². The van der Waals surface area contributed by atoms with Crippen molar-refractivity contribution in [3.63, 3.8) is 0 Å². The van der Waals surface area contributed by atoms with Gasteiger partial charge in [0.05, 0.1) is 6.61 Å². The summed E-state index contributed by atoms with van der Waals surface area (Å²) in [7, 11) is 0. The first kappa shape index (κ1) is 10.2. The Morgan fingerprint density at radius 3 is 2.70 bits per heavy atom. The van der Waals surface area contributed by atoms with Crippen LogP contribution in [-0.2, 0) is 4.74 Å². The average Bonchev–Trinajstić information content (AvgIpc) is 1.87. The van der Waals surface area contributed by atoms with E-state index >= 15 is 0 Å². The summed E-state index contributed by atoms with van der Waals surface area (Å²) in [4.78, 5) is 1.82. The summed E-state index contributed by atoms with van der Waals surface area (Å²) >= 11 is 3.17. The Morgan fingerprint density at radius 2 is 2.20 bits per heavy atom. The van der Waals surface area contributed by atoms with Crippen LogP contribution in [0.3, 0.4) is 0 Å². The Morgan fingerprint density at radius 1 is 1.50 bits per heavy atom. The fourth-order valence-corrected chi connectivity index (χ4v) is 0.659. The maximum atomic E-state index is 5.27. The van der Waals surface area contributed by atoms with Crippen molar-refractivity contribution in [2.45, 2.75) is 20.3 Å². The van der Waals surface area contributed by atoms with Crippen molar-refractivity contribution < 1.29 is 4.74 Å². The summed E-state index contributed by atoms with van der Waals surface area (Å²) in [6.45, 7) is 5.99. The predicted octanol–water partition coefficient (Wildman–Crippen LogP) is 2.96. The smallest absolute Gasteiger partial charge is 0.0655 e. The zero-order valence-electron chi connectivity index (χ0n) is 6.64. The highest BCUT2D eigenvalue weighted by Crippen LogP contribution is 1.98. The molecule has 0 unspecified atom stereocenters. The van der Waals surface area contributed by atoms with Crippen molar-refractivity contribution in [2.75, 3.05) is 13.2 Å². The van der Waals surface area contributed by atoms with Gasteiger partial charge in [0.25, 0.3) is 0 Å². The molecule has 0 aromatic carbocycles. The van der Waals surface area contributed by atoms with Crippen LogP contribution in [-0.4, -0.2) is 13.2 Å². The molecule has 10 heavy (non-hydrogen) atoms. The molecule has 1 nitrogen and oxygen atoms in total. The van der Waals surface area contributed by atoms with Crippen LogP contribution in [0.25, 0.3) is 0 Å². The molecule has 0 saturated heterocycles. The van der Waals surface area contributed by atoms with Gasteiger partial charge in [0, 0.05) is 6.61 Å². The number of hydrogen-bond donors (Lipinski definition) is 0. The number of rotatable bonds is 5. The van der Waals surface area contributed by atoms with Crippen LogP contribution in [0.15, 0.2) is 11.1 Å². The number of halogens is 1. The number of hydrogen-bond acceptors (Lipinski definition) is 1. The van der Waals surface area contributed by atoms with E-state index < -0.39 is 0 Å². The second kappa shape index (κ2) is 7.29. The Hall–Kier alpha value is 0.180. The SMILES string of the molecule is CC(C)CCOC/C=C/Br. The lowest BCUT2D eigenvalue weighted by molar-refractivity contribution is 0.150. The van der Waals surface area contributed by atoms with E-state index in [-0.39, 0.29) is 0 Å². The summed E-state index contributed by atoms with van der Waals surface area (Å²) in [6.07, 6.45) is 3.09. The molecule has 2 heteroatoms. The number of ether oxygens (including phenoxy) is 1. The molecule has 0 aliphatic carbocycles. The maximum absolute atomic E-state index is 5.27. The molecule has 0 aromatic heterocycles. The Bertz CT molecular complexity index is 89.3. The van der Waals surface area contributed by atoms with Gasteiger partial charge in [-0.05, 0) is 17.3 Å². The summed E-state index contributed by atoms with van der Waals surface area (Å²) in [5, 5.41) is 0. The van der Waals surface area contributed by atoms with Crippen LogP contribution in [0, 0.1) is 5.92 Å². The van der Waals surface area contributed by atoms with Gasteiger partial charge in [0.1, 0.15) is 0 Å². The van der Waals surface area contributed by atoms with Gasteiger partial charge >= 0.3 is 0 Å². The van der Waals surface area contributed by atoms with Crippen molar-refractivity contribution >= 4 is 15.9 Å². The minimum atomic E-state index is 0.720. The highest BCUT2D eigenvalue weighted by atomic mass is 79.9. The van der Waals surface area contributed by atoms with Crippen molar-refractivity contribution in [3.05, 3.63) is 11.1 Å². The standard InChI is InChI=1S/C8H15BrO/c1-8(2)4-7-10-6-3-5-9/h3,5,8H,4,6-7H2,1-2H3/b5-3+. The fraction of sp³-hybridized carbons (Fsp3) is 0.750. The average molecular weight is 207 g/mol. The maximum Gasteiger partial charge on any atom is 0.0655 e. The van der Waals surface area contributed by atoms with Gasteiger partial charge in [-0.25, -0.2) is 0 Å². The molecule has 0 spiro atoms. The second-order valence-corrected chi connectivity index (χ2v) is 3.15. The lowest BCUT2D eigenvalue weighted by Gasteiger charge is -2.02. The zero-order valence-corrected chi connectivity index (χ0v) is 8.23. The molecule has 0 N–H and O–H groups in total. The van der Waals surface area contributed by atoms with Crippen LogP contribution in [0.1, 0.15) is 20.3 Å². The zero-order chi connectivity index (χ0) is 7.82. The lowest BCUT2D eigenvalue weighted by Crippen LogP contribution is -1.98. The molecule has 0 aromatic rings. The molecule has 0 atom stereocenters. The lowest BCUT2D eigenvalue weighted by atomic mass is 10.1. The van der Waals surface area contributed by atoms with Crippen LogP contribution in [0.2, 0.25) is 0 Å². The van der Waals surface area contributed by atoms with Gasteiger partial charge in [-0.3, -0.25) is 0 Å². The molecule has 0 aliphatic rings. The van der Waals surface area contributed by atoms with E-state index in [0.29, 0.717) is 0 Å². The van der Waals surface area contributed by atoms with E-state index in [9.17, 15) is 0 Å². The second-order valence-electron chi connectivity index (χ2n) is 2.62. The first-order valence-electron chi connectivity index (χ1n) is 3.60. The molecular formula is C8H15BrO. The third-order valence-corrected chi connectivity index (χ3v) is 1.52. The minimum Gasteiger partial charge on any atom is -0.377 e. The predicted molar refractivity (Wildman–Crippen MR) is 48.3 cm³/mol. The monoisotopic (exact) mass is 206 g/mol. The van der Waals surface area contributed by atoms with Gasteiger partial charge in [-0.1, -0.05) is 35.9 Å². The normalized spacial score (nSPS) is 11.6. The molecule has 0 bridgehead atoms. The van der Waals surface area contributed by atoms with E-state index in [0.717, 1.165) is 25.6 Å². The van der Waals surface area contributed by atoms with Crippen molar-refractivity contribution in [2.24, 2.45) is 5.92 Å². The van der Waals surface area contributed by atoms with Gasteiger partial charge in [-0.15, -0.1) is 0 Å². The highest BCUT2D eigenvalue weighted by Gasteiger charge is 1.91. The molecule has 0 saturated carbocycles. The van der Waals surface area contributed by atoms with Gasteiger partial charge in [0.15, 0.2) is 0 Å².